The minimum atomic E-state index is -0.260. The summed E-state index contributed by atoms with van der Waals surface area (Å²) in [6.45, 7) is 2.31. The molecule has 1 N–H and O–H groups in total. The van der Waals surface area contributed by atoms with Crippen LogP contribution in [-0.2, 0) is 0 Å². The van der Waals surface area contributed by atoms with Gasteiger partial charge in [-0.15, -0.1) is 0 Å². The average molecular weight is 229 g/mol. The molecule has 2 aromatic carbocycles. The van der Waals surface area contributed by atoms with E-state index in [1.165, 1.54) is 16.3 Å². The van der Waals surface area contributed by atoms with Gasteiger partial charge in [0, 0.05) is 18.0 Å². The lowest BCUT2D eigenvalue weighted by molar-refractivity contribution is 1.54. The molecule has 0 amide bonds. The van der Waals surface area contributed by atoms with Crippen molar-refractivity contribution in [3.8, 4) is 0 Å². The molecule has 0 aromatic heterocycles. The molecule has 2 heteroatoms. The quantitative estimate of drug-likeness (QED) is 0.798. The van der Waals surface area contributed by atoms with Crippen LogP contribution in [0.15, 0.2) is 54.6 Å². The molecule has 1 unspecified atom stereocenters. The first-order chi connectivity index (χ1) is 7.83. The Morgan fingerprint density at radius 3 is 2.19 bits per heavy atom. The van der Waals surface area contributed by atoms with Gasteiger partial charge in [-0.2, -0.15) is 0 Å². The number of para-hydroxylation sites is 1. The van der Waals surface area contributed by atoms with Gasteiger partial charge in [0.25, 0.3) is 0 Å². The number of hydrogen-bond acceptors (Lipinski definition) is 1. The van der Waals surface area contributed by atoms with E-state index in [1.54, 1.807) is 0 Å². The van der Waals surface area contributed by atoms with Gasteiger partial charge in [-0.3, -0.25) is 0 Å². The summed E-state index contributed by atoms with van der Waals surface area (Å²) < 4.78 is 0. The third kappa shape index (κ3) is 2.25. The molecule has 82 valence electrons. The number of hydrogen-bond donors (Lipinski definition) is 1. The molecular weight excluding hydrogens is 213 g/mol. The zero-order chi connectivity index (χ0) is 11.4. The smallest absolute Gasteiger partial charge is 0.0418 e. The molecule has 16 heavy (non-hydrogen) atoms. The van der Waals surface area contributed by atoms with Gasteiger partial charge in [0.2, 0.25) is 0 Å². The largest absolute Gasteiger partial charge is 0.388 e. The van der Waals surface area contributed by atoms with Gasteiger partial charge < -0.3 is 5.32 Å². The molecule has 1 atom stereocenters. The minimum absolute atomic E-state index is 0.260. The normalized spacial score (nSPS) is 12.1. The van der Waals surface area contributed by atoms with Crippen molar-refractivity contribution in [3.05, 3.63) is 54.6 Å². The summed E-state index contributed by atoms with van der Waals surface area (Å²) in [4.78, 5) is 0. The van der Waals surface area contributed by atoms with Gasteiger partial charge >= 0.3 is 0 Å². The topological polar surface area (TPSA) is 12.0 Å². The highest BCUT2D eigenvalue weighted by Gasteiger charge is 2.10. The Morgan fingerprint density at radius 1 is 0.875 bits per heavy atom. The molecule has 0 radical (unpaired) electrons. The Kier molecular flexibility index (Phi) is 3.58. The lowest BCUT2D eigenvalue weighted by Crippen LogP contribution is -2.14. The molecule has 0 heterocycles. The predicted octanol–water partition coefficient (Wildman–Crippen LogP) is 2.79. The number of benzene rings is 2. The molecule has 2 aromatic rings. The fraction of sp³-hybridized carbons (Fsp3) is 0.143. The summed E-state index contributed by atoms with van der Waals surface area (Å²) in [7, 11) is 1.72. The molecular formula is C14H16NP. The lowest BCUT2D eigenvalue weighted by Gasteiger charge is -2.16. The summed E-state index contributed by atoms with van der Waals surface area (Å²) in [5, 5.41) is 6.09. The van der Waals surface area contributed by atoms with Crippen molar-refractivity contribution in [2.75, 3.05) is 19.0 Å². The van der Waals surface area contributed by atoms with E-state index >= 15 is 0 Å². The SMILES string of the molecule is CNc1ccccc1P(C)c1ccccc1. The van der Waals surface area contributed by atoms with Crippen molar-refractivity contribution in [2.45, 2.75) is 0 Å². The minimum Gasteiger partial charge on any atom is -0.388 e. The fourth-order valence-electron chi connectivity index (χ4n) is 1.77. The third-order valence-corrected chi connectivity index (χ3v) is 4.86. The molecule has 0 saturated heterocycles. The van der Waals surface area contributed by atoms with Crippen molar-refractivity contribution >= 4 is 24.2 Å². The summed E-state index contributed by atoms with van der Waals surface area (Å²) in [6.07, 6.45) is 0. The van der Waals surface area contributed by atoms with Crippen molar-refractivity contribution in [1.82, 2.24) is 0 Å². The van der Waals surface area contributed by atoms with E-state index < -0.39 is 0 Å². The fourth-order valence-corrected chi connectivity index (χ4v) is 3.52. The van der Waals surface area contributed by atoms with Crippen molar-refractivity contribution in [2.24, 2.45) is 0 Å². The average Bonchev–Trinajstić information content (AvgIpc) is 2.39. The summed E-state index contributed by atoms with van der Waals surface area (Å²) in [5.74, 6) is 0. The first-order valence-corrected chi connectivity index (χ1v) is 7.17. The van der Waals surface area contributed by atoms with Crippen LogP contribution in [0, 0.1) is 0 Å². The Bertz CT molecular complexity index is 453. The molecule has 2 rings (SSSR count). The van der Waals surface area contributed by atoms with Gasteiger partial charge in [0.1, 0.15) is 0 Å². The first kappa shape index (κ1) is 11.2. The maximum Gasteiger partial charge on any atom is 0.0418 e. The molecule has 0 saturated carbocycles. The van der Waals surface area contributed by atoms with E-state index in [9.17, 15) is 0 Å². The first-order valence-electron chi connectivity index (χ1n) is 5.38. The molecule has 0 aliphatic rings. The second-order valence-electron chi connectivity index (χ2n) is 3.66. The highest BCUT2D eigenvalue weighted by molar-refractivity contribution is 7.72. The van der Waals surface area contributed by atoms with Crippen molar-refractivity contribution in [3.63, 3.8) is 0 Å². The van der Waals surface area contributed by atoms with Crippen LogP contribution < -0.4 is 15.9 Å². The van der Waals surface area contributed by atoms with Gasteiger partial charge in [-0.05, 0) is 26.0 Å². The number of nitrogens with one attached hydrogen (secondary N) is 1. The maximum atomic E-state index is 3.26. The highest BCUT2D eigenvalue weighted by Crippen LogP contribution is 2.31. The van der Waals surface area contributed by atoms with E-state index in [1.807, 2.05) is 7.05 Å². The molecule has 0 aliphatic heterocycles. The van der Waals surface area contributed by atoms with Gasteiger partial charge in [0.05, 0.1) is 0 Å². The number of anilines is 1. The Labute approximate surface area is 98.3 Å². The van der Waals surface area contributed by atoms with Crippen LogP contribution in [0.3, 0.4) is 0 Å². The van der Waals surface area contributed by atoms with Crippen LogP contribution in [0.5, 0.6) is 0 Å². The van der Waals surface area contributed by atoms with Gasteiger partial charge in [-0.25, -0.2) is 0 Å². The molecule has 0 spiro atoms. The second kappa shape index (κ2) is 5.14. The van der Waals surface area contributed by atoms with Gasteiger partial charge in [-0.1, -0.05) is 48.5 Å². The Hall–Kier alpha value is -1.33. The van der Waals surface area contributed by atoms with E-state index in [2.05, 4.69) is 66.6 Å². The van der Waals surface area contributed by atoms with Crippen LogP contribution in [0.4, 0.5) is 5.69 Å². The van der Waals surface area contributed by atoms with Crippen LogP contribution in [0.25, 0.3) is 0 Å². The highest BCUT2D eigenvalue weighted by atomic mass is 31.1. The second-order valence-corrected chi connectivity index (χ2v) is 5.78. The lowest BCUT2D eigenvalue weighted by atomic mass is 10.3. The van der Waals surface area contributed by atoms with Crippen molar-refractivity contribution < 1.29 is 0 Å². The maximum absolute atomic E-state index is 3.26. The van der Waals surface area contributed by atoms with E-state index in [-0.39, 0.29) is 7.92 Å². The monoisotopic (exact) mass is 229 g/mol. The summed E-state index contributed by atoms with van der Waals surface area (Å²) in [6, 6.07) is 19.2. The standard InChI is InChI=1S/C14H16NP/c1-15-13-10-6-7-11-14(13)16(2)12-8-4-3-5-9-12/h3-11,15H,1-2H3. The predicted molar refractivity (Wildman–Crippen MR) is 74.5 cm³/mol. The molecule has 1 nitrogen and oxygen atoms in total. The van der Waals surface area contributed by atoms with Crippen LogP contribution in [-0.4, -0.2) is 13.7 Å². The van der Waals surface area contributed by atoms with Crippen molar-refractivity contribution in [1.29, 1.82) is 0 Å². The summed E-state index contributed by atoms with van der Waals surface area (Å²) in [5.41, 5.74) is 1.24. The number of rotatable bonds is 3. The van der Waals surface area contributed by atoms with E-state index in [4.69, 9.17) is 0 Å². The Balaban J connectivity index is 2.37. The van der Waals surface area contributed by atoms with Crippen LogP contribution in [0.2, 0.25) is 0 Å². The Morgan fingerprint density at radius 2 is 1.50 bits per heavy atom. The van der Waals surface area contributed by atoms with Gasteiger partial charge in [0.15, 0.2) is 0 Å². The third-order valence-electron chi connectivity index (χ3n) is 2.68. The van der Waals surface area contributed by atoms with E-state index in [0.29, 0.717) is 0 Å². The molecule has 0 fully saturated rings. The van der Waals surface area contributed by atoms with Crippen LogP contribution >= 0.6 is 7.92 Å². The van der Waals surface area contributed by atoms with Crippen LogP contribution in [0.1, 0.15) is 0 Å². The molecule has 0 aliphatic carbocycles. The zero-order valence-corrected chi connectivity index (χ0v) is 10.5. The van der Waals surface area contributed by atoms with E-state index in [0.717, 1.165) is 0 Å². The molecule has 0 bridgehead atoms. The zero-order valence-electron chi connectivity index (χ0n) is 9.64. The summed E-state index contributed by atoms with van der Waals surface area (Å²) >= 11 is 0.